The van der Waals surface area contributed by atoms with Gasteiger partial charge in [-0.05, 0) is 49.7 Å². The van der Waals surface area contributed by atoms with Gasteiger partial charge in [0, 0.05) is 16.3 Å². The van der Waals surface area contributed by atoms with E-state index in [2.05, 4.69) is 4.72 Å². The van der Waals surface area contributed by atoms with Crippen molar-refractivity contribution < 1.29 is 13.2 Å². The van der Waals surface area contributed by atoms with Crippen molar-refractivity contribution in [2.45, 2.75) is 25.3 Å². The van der Waals surface area contributed by atoms with E-state index in [4.69, 9.17) is 4.74 Å². The third-order valence-electron chi connectivity index (χ3n) is 2.90. The van der Waals surface area contributed by atoms with Gasteiger partial charge < -0.3 is 4.74 Å². The molecule has 108 valence electrons. The predicted octanol–water partition coefficient (Wildman–Crippen LogP) is 2.85. The number of hydrogen-bond acceptors (Lipinski definition) is 4. The number of aryl methyl sites for hydroxylation is 2. The van der Waals surface area contributed by atoms with Gasteiger partial charge in [-0.15, -0.1) is 11.3 Å². The molecule has 0 fully saturated rings. The quantitative estimate of drug-likeness (QED) is 0.924. The molecular weight excluding hydrogens is 294 g/mol. The first kappa shape index (κ1) is 15.0. The lowest BCUT2D eigenvalue weighted by Gasteiger charge is -2.10. The molecule has 20 heavy (non-hydrogen) atoms. The predicted molar refractivity (Wildman–Crippen MR) is 80.8 cm³/mol. The molecule has 1 heterocycles. The lowest BCUT2D eigenvalue weighted by Crippen LogP contribution is -2.23. The number of sulfonamides is 1. The topological polar surface area (TPSA) is 55.4 Å². The van der Waals surface area contributed by atoms with Gasteiger partial charge in [-0.25, -0.2) is 13.1 Å². The minimum Gasteiger partial charge on any atom is -0.497 e. The summed E-state index contributed by atoms with van der Waals surface area (Å²) in [4.78, 5) is 2.45. The molecule has 1 N–H and O–H groups in total. The van der Waals surface area contributed by atoms with E-state index in [-0.39, 0.29) is 4.90 Å². The van der Waals surface area contributed by atoms with Crippen LogP contribution in [-0.2, 0) is 16.6 Å². The van der Waals surface area contributed by atoms with Crippen molar-refractivity contribution in [2.75, 3.05) is 7.11 Å². The molecule has 4 nitrogen and oxygen atoms in total. The summed E-state index contributed by atoms with van der Waals surface area (Å²) >= 11 is 1.59. The van der Waals surface area contributed by atoms with E-state index >= 15 is 0 Å². The monoisotopic (exact) mass is 311 g/mol. The van der Waals surface area contributed by atoms with Crippen LogP contribution in [-0.4, -0.2) is 15.5 Å². The molecule has 0 unspecified atom stereocenters. The Morgan fingerprint density at radius 3 is 2.50 bits per heavy atom. The van der Waals surface area contributed by atoms with Crippen molar-refractivity contribution in [1.29, 1.82) is 0 Å². The van der Waals surface area contributed by atoms with Gasteiger partial charge in [0.05, 0.1) is 12.0 Å². The number of hydrogen-bond donors (Lipinski definition) is 1. The Hall–Kier alpha value is -1.37. The summed E-state index contributed by atoms with van der Waals surface area (Å²) in [6.07, 6.45) is 0. The average molecular weight is 311 g/mol. The van der Waals surface area contributed by atoms with Gasteiger partial charge in [-0.1, -0.05) is 0 Å². The maximum Gasteiger partial charge on any atom is 0.241 e. The van der Waals surface area contributed by atoms with Crippen molar-refractivity contribution in [2.24, 2.45) is 0 Å². The lowest BCUT2D eigenvalue weighted by molar-refractivity contribution is 0.414. The molecule has 0 aliphatic carbocycles. The highest BCUT2D eigenvalue weighted by Crippen LogP contribution is 2.21. The number of benzene rings is 1. The summed E-state index contributed by atoms with van der Waals surface area (Å²) in [6, 6.07) is 8.84. The largest absolute Gasteiger partial charge is 0.497 e. The van der Waals surface area contributed by atoms with Crippen LogP contribution in [0.3, 0.4) is 0 Å². The van der Waals surface area contributed by atoms with Gasteiger partial charge in [0.2, 0.25) is 10.0 Å². The molecule has 0 saturated heterocycles. The van der Waals surface area contributed by atoms with Gasteiger partial charge in [-0.3, -0.25) is 0 Å². The normalized spacial score (nSPS) is 11.6. The summed E-state index contributed by atoms with van der Waals surface area (Å²) in [5.74, 6) is 0.648. The Kier molecular flexibility index (Phi) is 4.47. The van der Waals surface area contributed by atoms with Crippen LogP contribution in [0.1, 0.15) is 15.3 Å². The lowest BCUT2D eigenvalue weighted by atomic mass is 10.2. The van der Waals surface area contributed by atoms with E-state index in [0.717, 1.165) is 4.88 Å². The van der Waals surface area contributed by atoms with Gasteiger partial charge in [0.15, 0.2) is 0 Å². The van der Waals surface area contributed by atoms with Crippen molar-refractivity contribution in [3.63, 3.8) is 0 Å². The van der Waals surface area contributed by atoms with E-state index in [0.29, 0.717) is 17.9 Å². The highest BCUT2D eigenvalue weighted by molar-refractivity contribution is 7.89. The fourth-order valence-electron chi connectivity index (χ4n) is 1.87. The Labute approximate surface area is 123 Å². The number of thiophene rings is 1. The minimum atomic E-state index is -3.50. The summed E-state index contributed by atoms with van der Waals surface area (Å²) in [6.45, 7) is 4.06. The van der Waals surface area contributed by atoms with Crippen LogP contribution in [0.15, 0.2) is 35.2 Å². The molecule has 0 atom stereocenters. The molecule has 2 rings (SSSR count). The van der Waals surface area contributed by atoms with Gasteiger partial charge in [0.25, 0.3) is 0 Å². The van der Waals surface area contributed by atoms with E-state index in [1.54, 1.807) is 43.6 Å². The molecule has 0 saturated carbocycles. The summed E-state index contributed by atoms with van der Waals surface area (Å²) in [7, 11) is -1.95. The summed E-state index contributed by atoms with van der Waals surface area (Å²) < 4.78 is 32.3. The molecule has 1 aromatic carbocycles. The van der Waals surface area contributed by atoms with Gasteiger partial charge >= 0.3 is 0 Å². The zero-order valence-electron chi connectivity index (χ0n) is 11.6. The molecule has 0 spiro atoms. The first-order valence-electron chi connectivity index (χ1n) is 6.12. The van der Waals surface area contributed by atoms with Crippen LogP contribution in [0.2, 0.25) is 0 Å². The standard InChI is InChI=1S/C14H17NO3S2/c1-10-8-12(18-3)5-7-14(10)20(16,17)15-9-13-6-4-11(2)19-13/h4-8,15H,9H2,1-3H3. The van der Waals surface area contributed by atoms with Crippen molar-refractivity contribution >= 4 is 21.4 Å². The van der Waals surface area contributed by atoms with Gasteiger partial charge in [0.1, 0.15) is 5.75 Å². The van der Waals surface area contributed by atoms with Crippen LogP contribution < -0.4 is 9.46 Å². The van der Waals surface area contributed by atoms with Crippen molar-refractivity contribution in [3.05, 3.63) is 45.6 Å². The van der Waals surface area contributed by atoms with Crippen LogP contribution in [0.4, 0.5) is 0 Å². The van der Waals surface area contributed by atoms with E-state index < -0.39 is 10.0 Å². The third kappa shape index (κ3) is 3.39. The first-order chi connectivity index (χ1) is 9.42. The molecule has 0 radical (unpaired) electrons. The number of rotatable bonds is 5. The highest BCUT2D eigenvalue weighted by Gasteiger charge is 2.17. The van der Waals surface area contributed by atoms with Crippen LogP contribution >= 0.6 is 11.3 Å². The second kappa shape index (κ2) is 5.95. The van der Waals surface area contributed by atoms with E-state index in [1.807, 2.05) is 19.1 Å². The molecular formula is C14H17NO3S2. The maximum absolute atomic E-state index is 12.3. The Morgan fingerprint density at radius 2 is 1.95 bits per heavy atom. The molecule has 0 amide bonds. The van der Waals surface area contributed by atoms with E-state index in [9.17, 15) is 8.42 Å². The smallest absolute Gasteiger partial charge is 0.241 e. The van der Waals surface area contributed by atoms with Gasteiger partial charge in [-0.2, -0.15) is 0 Å². The third-order valence-corrected chi connectivity index (χ3v) is 5.47. The SMILES string of the molecule is COc1ccc(S(=O)(=O)NCc2ccc(C)s2)c(C)c1. The number of methoxy groups -OCH3 is 1. The molecule has 2 aromatic rings. The van der Waals surface area contributed by atoms with Crippen LogP contribution in [0, 0.1) is 13.8 Å². The minimum absolute atomic E-state index is 0.284. The summed E-state index contributed by atoms with van der Waals surface area (Å²) in [5.41, 5.74) is 0.666. The summed E-state index contributed by atoms with van der Waals surface area (Å²) in [5, 5.41) is 0. The fraction of sp³-hybridized carbons (Fsp3) is 0.286. The molecule has 0 aliphatic heterocycles. The van der Waals surface area contributed by atoms with Crippen molar-refractivity contribution in [3.8, 4) is 5.75 Å². The second-order valence-corrected chi connectivity index (χ2v) is 7.58. The molecule has 6 heteroatoms. The second-order valence-electron chi connectivity index (χ2n) is 4.47. The number of nitrogens with one attached hydrogen (secondary N) is 1. The Bertz CT molecular complexity index is 705. The Balaban J connectivity index is 2.18. The number of ether oxygens (including phenoxy) is 1. The van der Waals surface area contributed by atoms with E-state index in [1.165, 1.54) is 4.88 Å². The first-order valence-corrected chi connectivity index (χ1v) is 8.42. The van der Waals surface area contributed by atoms with Crippen molar-refractivity contribution in [1.82, 2.24) is 4.72 Å². The Morgan fingerprint density at radius 1 is 1.20 bits per heavy atom. The highest BCUT2D eigenvalue weighted by atomic mass is 32.2. The fourth-order valence-corrected chi connectivity index (χ4v) is 4.03. The van der Waals surface area contributed by atoms with Crippen LogP contribution in [0.5, 0.6) is 5.75 Å². The molecule has 0 aliphatic rings. The molecule has 1 aromatic heterocycles. The van der Waals surface area contributed by atoms with Crippen LogP contribution in [0.25, 0.3) is 0 Å². The average Bonchev–Trinajstić information content (AvgIpc) is 2.82. The molecule has 0 bridgehead atoms. The maximum atomic E-state index is 12.3. The zero-order chi connectivity index (χ0) is 14.8. The zero-order valence-corrected chi connectivity index (χ0v) is 13.3.